The molecule has 2 aromatic carbocycles. The van der Waals surface area contributed by atoms with Gasteiger partial charge < -0.3 is 0 Å². The van der Waals surface area contributed by atoms with Crippen LogP contribution < -0.4 is 0 Å². The van der Waals surface area contributed by atoms with E-state index < -0.39 is 17.6 Å². The molecule has 0 spiro atoms. The highest BCUT2D eigenvalue weighted by atomic mass is 32.2. The van der Waals surface area contributed by atoms with Crippen molar-refractivity contribution < 1.29 is 14.4 Å². The van der Waals surface area contributed by atoms with Gasteiger partial charge in [-0.3, -0.25) is 19.3 Å². The number of Topliss-reactive ketones (excluding diaryl/α,β-unsaturated/α-hetero) is 1. The lowest BCUT2D eigenvalue weighted by Gasteiger charge is -2.13. The fourth-order valence-electron chi connectivity index (χ4n) is 2.70. The van der Waals surface area contributed by atoms with Gasteiger partial charge in [0.15, 0.2) is 0 Å². The summed E-state index contributed by atoms with van der Waals surface area (Å²) in [4.78, 5) is 38.8. The third kappa shape index (κ3) is 3.57. The second-order valence-corrected chi connectivity index (χ2v) is 6.72. The zero-order chi connectivity index (χ0) is 16.9. The van der Waals surface area contributed by atoms with E-state index in [2.05, 4.69) is 0 Å². The lowest BCUT2D eigenvalue weighted by molar-refractivity contribution is -0.147. The molecule has 0 bridgehead atoms. The Morgan fingerprint density at radius 2 is 1.62 bits per heavy atom. The second-order valence-electron chi connectivity index (χ2n) is 5.55. The quantitative estimate of drug-likeness (QED) is 0.621. The molecule has 1 fully saturated rings. The molecule has 5 heteroatoms. The van der Waals surface area contributed by atoms with Crippen molar-refractivity contribution in [2.45, 2.75) is 17.2 Å². The molecule has 122 valence electrons. The zero-order valence-corrected chi connectivity index (χ0v) is 13.9. The summed E-state index contributed by atoms with van der Waals surface area (Å²) in [5.74, 6) is -1.42. The third-order valence-electron chi connectivity index (χ3n) is 3.97. The molecule has 2 amide bonds. The predicted octanol–water partition coefficient (Wildman–Crippen LogP) is 2.89. The highest BCUT2D eigenvalue weighted by Gasteiger charge is 2.42. The van der Waals surface area contributed by atoms with Crippen LogP contribution in [0.4, 0.5) is 0 Å². The minimum atomic E-state index is -0.682. The topological polar surface area (TPSA) is 54.5 Å². The van der Waals surface area contributed by atoms with E-state index in [4.69, 9.17) is 0 Å². The lowest BCUT2D eigenvalue weighted by atomic mass is 9.97. The summed E-state index contributed by atoms with van der Waals surface area (Å²) < 4.78 is 0. The molecule has 2 aromatic rings. The molecule has 0 saturated carbocycles. The van der Waals surface area contributed by atoms with Gasteiger partial charge in [-0.2, -0.15) is 0 Å². The van der Waals surface area contributed by atoms with Gasteiger partial charge in [-0.25, -0.2) is 0 Å². The molecule has 0 radical (unpaired) electrons. The summed E-state index contributed by atoms with van der Waals surface area (Å²) >= 11 is 1.56. The summed E-state index contributed by atoms with van der Waals surface area (Å²) in [6, 6.07) is 18.9. The van der Waals surface area contributed by atoms with Crippen LogP contribution >= 0.6 is 11.8 Å². The second kappa shape index (κ2) is 7.45. The van der Waals surface area contributed by atoms with E-state index in [0.29, 0.717) is 5.75 Å². The van der Waals surface area contributed by atoms with Crippen LogP contribution in [0.2, 0.25) is 0 Å². The van der Waals surface area contributed by atoms with Crippen molar-refractivity contribution in [1.29, 1.82) is 0 Å². The Hall–Kier alpha value is -2.40. The van der Waals surface area contributed by atoms with E-state index in [1.807, 2.05) is 60.7 Å². The molecular weight excluding hydrogens is 322 g/mol. The first-order valence-corrected chi connectivity index (χ1v) is 8.76. The summed E-state index contributed by atoms with van der Waals surface area (Å²) in [6.45, 7) is 0.149. The summed E-state index contributed by atoms with van der Waals surface area (Å²) in [5.41, 5.74) is 0.782. The summed E-state index contributed by atoms with van der Waals surface area (Å²) in [7, 11) is 0. The van der Waals surface area contributed by atoms with E-state index in [0.717, 1.165) is 15.4 Å². The number of rotatable bonds is 5. The fraction of sp³-hybridized carbons (Fsp3) is 0.211. The molecule has 0 N–H and O–H groups in total. The summed E-state index contributed by atoms with van der Waals surface area (Å²) in [6.07, 6.45) is 0.236. The van der Waals surface area contributed by atoms with Crippen molar-refractivity contribution in [2.24, 2.45) is 0 Å². The number of nitrogens with zero attached hydrogens (tertiary/aromatic N) is 1. The molecule has 1 heterocycles. The van der Waals surface area contributed by atoms with E-state index in [9.17, 15) is 14.4 Å². The monoisotopic (exact) mass is 339 g/mol. The van der Waals surface area contributed by atoms with Gasteiger partial charge in [0.1, 0.15) is 0 Å². The smallest absolute Gasteiger partial charge is 0.288 e. The van der Waals surface area contributed by atoms with Gasteiger partial charge in [0.25, 0.3) is 5.91 Å². The van der Waals surface area contributed by atoms with E-state index >= 15 is 0 Å². The molecule has 24 heavy (non-hydrogen) atoms. The SMILES string of the molecule is O=C1C(=O)N(C(=O)CCSc2ccccc2)C[C@@H]1c1ccccc1. The molecule has 0 unspecified atom stereocenters. The molecule has 1 aliphatic rings. The lowest BCUT2D eigenvalue weighted by Crippen LogP contribution is -2.34. The van der Waals surface area contributed by atoms with Crippen LogP contribution in [0.5, 0.6) is 0 Å². The number of likely N-dealkylation sites (tertiary alicyclic amines) is 1. The minimum Gasteiger partial charge on any atom is -0.288 e. The average Bonchev–Trinajstić information content (AvgIpc) is 2.92. The van der Waals surface area contributed by atoms with Crippen LogP contribution in [0, 0.1) is 0 Å². The Morgan fingerprint density at radius 1 is 1.00 bits per heavy atom. The Morgan fingerprint density at radius 3 is 2.29 bits per heavy atom. The minimum absolute atomic E-state index is 0.149. The first kappa shape index (κ1) is 16.5. The van der Waals surface area contributed by atoms with Crippen LogP contribution in [0.25, 0.3) is 0 Å². The average molecular weight is 339 g/mol. The number of carbonyl (C=O) groups is 3. The van der Waals surface area contributed by atoms with Crippen molar-refractivity contribution in [2.75, 3.05) is 12.3 Å². The predicted molar refractivity (Wildman–Crippen MR) is 92.7 cm³/mol. The summed E-state index contributed by atoms with van der Waals surface area (Å²) in [5, 5.41) is 0. The Labute approximate surface area is 144 Å². The van der Waals surface area contributed by atoms with Gasteiger partial charge in [-0.05, 0) is 17.7 Å². The first-order valence-electron chi connectivity index (χ1n) is 7.78. The van der Waals surface area contributed by atoms with Crippen molar-refractivity contribution in [1.82, 2.24) is 4.90 Å². The molecule has 3 rings (SSSR count). The molecule has 0 aliphatic carbocycles. The number of hydrogen-bond donors (Lipinski definition) is 0. The van der Waals surface area contributed by atoms with Crippen LogP contribution in [-0.2, 0) is 14.4 Å². The van der Waals surface area contributed by atoms with E-state index in [1.54, 1.807) is 11.8 Å². The molecule has 4 nitrogen and oxygen atoms in total. The number of amides is 2. The Kier molecular flexibility index (Phi) is 5.11. The van der Waals surface area contributed by atoms with E-state index in [-0.39, 0.29) is 18.9 Å². The molecule has 1 aliphatic heterocycles. The number of imide groups is 1. The number of carbonyl (C=O) groups excluding carboxylic acids is 3. The van der Waals surface area contributed by atoms with Crippen LogP contribution in [0.1, 0.15) is 17.9 Å². The molecule has 1 saturated heterocycles. The molecular formula is C19H17NO3S. The van der Waals surface area contributed by atoms with E-state index in [1.165, 1.54) is 0 Å². The number of ketones is 1. The van der Waals surface area contributed by atoms with Gasteiger partial charge in [0.05, 0.1) is 5.92 Å². The highest BCUT2D eigenvalue weighted by Crippen LogP contribution is 2.26. The van der Waals surface area contributed by atoms with Gasteiger partial charge >= 0.3 is 0 Å². The maximum atomic E-state index is 12.3. The standard InChI is InChI=1S/C19H17NO3S/c21-17(11-12-24-15-9-5-2-6-10-15)20-13-16(18(22)19(20)23)14-7-3-1-4-8-14/h1-10,16H,11-13H2/t16-/m1/s1. The maximum Gasteiger partial charge on any atom is 0.297 e. The maximum absolute atomic E-state index is 12.3. The first-order chi connectivity index (χ1) is 11.7. The number of thioether (sulfide) groups is 1. The van der Waals surface area contributed by atoms with Crippen molar-refractivity contribution >= 4 is 29.4 Å². The van der Waals surface area contributed by atoms with Gasteiger partial charge in [-0.15, -0.1) is 11.8 Å². The Balaban J connectivity index is 1.59. The van der Waals surface area contributed by atoms with Crippen molar-refractivity contribution in [3.63, 3.8) is 0 Å². The van der Waals surface area contributed by atoms with Crippen LogP contribution in [0.15, 0.2) is 65.6 Å². The third-order valence-corrected chi connectivity index (χ3v) is 4.98. The van der Waals surface area contributed by atoms with Gasteiger partial charge in [0, 0.05) is 23.6 Å². The van der Waals surface area contributed by atoms with Crippen molar-refractivity contribution in [3.8, 4) is 0 Å². The highest BCUT2D eigenvalue weighted by molar-refractivity contribution is 7.99. The van der Waals surface area contributed by atoms with Crippen LogP contribution in [0.3, 0.4) is 0 Å². The van der Waals surface area contributed by atoms with Crippen molar-refractivity contribution in [3.05, 3.63) is 66.2 Å². The van der Waals surface area contributed by atoms with Crippen LogP contribution in [-0.4, -0.2) is 34.8 Å². The van der Waals surface area contributed by atoms with Gasteiger partial charge in [0.2, 0.25) is 11.7 Å². The largest absolute Gasteiger partial charge is 0.297 e. The van der Waals surface area contributed by atoms with Gasteiger partial charge in [-0.1, -0.05) is 48.5 Å². The number of hydrogen-bond acceptors (Lipinski definition) is 4. The zero-order valence-electron chi connectivity index (χ0n) is 13.1. The molecule has 1 atom stereocenters. The fourth-order valence-corrected chi connectivity index (χ4v) is 3.56. The number of benzene rings is 2. The molecule has 0 aromatic heterocycles. The Bertz CT molecular complexity index is 746. The normalized spacial score (nSPS) is 17.3.